The molecule has 618 valence electrons. The highest BCUT2D eigenvalue weighted by atomic mass is 19.4. The molecule has 0 aromatic heterocycles. The number of carbonyl (C=O) groups is 12. The Morgan fingerprint density at radius 1 is 0.596 bits per heavy atom. The quantitative estimate of drug-likeness (QED) is 0.157. The molecule has 25 nitrogen and oxygen atoms in total. The fourth-order valence-corrected chi connectivity index (χ4v) is 17.8. The molecule has 12 amide bonds. The topological polar surface area (TPSA) is 279 Å². The van der Waals surface area contributed by atoms with Crippen molar-refractivity contribution in [2.75, 3.05) is 89.2 Å². The largest absolute Gasteiger partial charge is 0.397 e. The summed E-state index contributed by atoms with van der Waals surface area (Å²) in [5, 5.41) is 8.50. The van der Waals surface area contributed by atoms with Crippen LogP contribution in [0.25, 0.3) is 0 Å². The fraction of sp³-hybridized carbons (Fsp3) is 0.842. The summed E-state index contributed by atoms with van der Waals surface area (Å²) in [6, 6.07) is -11.2. The van der Waals surface area contributed by atoms with Gasteiger partial charge in [-0.05, 0) is 139 Å². The maximum Gasteiger partial charge on any atom is 0.397 e. The van der Waals surface area contributed by atoms with E-state index in [9.17, 15) is 55.1 Å². The minimum absolute atomic E-state index is 0.00891. The van der Waals surface area contributed by atoms with Gasteiger partial charge in [-0.3, -0.25) is 57.5 Å². The molecule has 3 saturated heterocycles. The maximum absolute atomic E-state index is 15.7. The molecule has 2 unspecified atom stereocenters. The Balaban J connectivity index is 1.33. The van der Waals surface area contributed by atoms with Crippen molar-refractivity contribution in [3.63, 3.8) is 0 Å². The second-order valence-electron chi connectivity index (χ2n) is 32.9. The molecular formula is C76H120F8N12O13. The minimum Gasteiger partial charge on any atom is -0.377 e. The average molecular weight is 1560 g/mol. The maximum atomic E-state index is 15.7. The third kappa shape index (κ3) is 22.0. The van der Waals surface area contributed by atoms with Crippen LogP contribution in [-0.4, -0.2) is 289 Å². The van der Waals surface area contributed by atoms with Gasteiger partial charge < -0.3 is 64.8 Å². The summed E-state index contributed by atoms with van der Waals surface area (Å²) < 4.78 is 121. The number of amides is 12. The van der Waals surface area contributed by atoms with Gasteiger partial charge in [0.2, 0.25) is 70.9 Å². The number of carbonyl (C=O) groups excluding carboxylic acids is 12. The van der Waals surface area contributed by atoms with Crippen LogP contribution in [0.2, 0.25) is 0 Å². The SMILES string of the molecule is CCO[C@@H]1C[C@H]2C(=O)NC3(CCCC3)C(=O)N(C)[C@@H](C3CCCC3)C(=O)N(C)[C@H](C(=O)N(C)C)CC(=O)N(C)[C@@H](CC(C)C)C(=O)N[C@@H]([C@@H](C)CC)C(=O)N(C)CC(=O)N(C)[C@H]3CCCCCN(C3=O)[C@@H](CC3CCC(C(F)(F)F)CC3)C(=O)N(C)CC(=O)N[C@@H](CCC3CC(F)C(C(F)(F)F)C(F)C3)C(=O)N2C1. The van der Waals surface area contributed by atoms with Crippen LogP contribution in [0.3, 0.4) is 0 Å². The second kappa shape index (κ2) is 38.5. The standard InChI is InChI=1S/C76H120F8N12O13/c1-14-45(5)63-71(106)90(9)43-61(99)91(10)54-25-17-16-22-34-95(70(54)105)58(38-46-26-29-49(30-27-46)75(79,80)81)69(104)89(8)42-59(97)85-53(31-28-47-36-51(77)62(52(78)37-47)76(82,83)84)67(102)96-41-50(109-15-2)39-56(96)66(101)87-74(32-20-21-33-74)73(108)94(13)64(48-23-18-19-24-48)72(107)93(12)57(68(103)88(6)7)40-60(98)92(11)55(35-44(3)4)65(100)86-63/h44-58,62-64H,14-43H2,1-13H3,(H,85,97)(H,86,100)(H,87,101)/t45-,46?,47?,49?,50+,51?,52?,53-,54-,55-,56-,57-,58-,62?,63-,64-/m0/s1. The average Bonchev–Trinajstić information content (AvgIpc) is 1.68. The van der Waals surface area contributed by atoms with Gasteiger partial charge in [0.05, 0.1) is 31.5 Å². The van der Waals surface area contributed by atoms with Crippen molar-refractivity contribution < 1.29 is 97.4 Å². The summed E-state index contributed by atoms with van der Waals surface area (Å²) in [6.07, 6.45) is -14.8. The first kappa shape index (κ1) is 89.2. The first-order chi connectivity index (χ1) is 51.1. The van der Waals surface area contributed by atoms with Crippen molar-refractivity contribution in [2.24, 2.45) is 41.4 Å². The van der Waals surface area contributed by atoms with Crippen LogP contribution in [0.15, 0.2) is 0 Å². The molecule has 0 aromatic carbocycles. The third-order valence-corrected chi connectivity index (χ3v) is 24.5. The number of likely N-dealkylation sites (N-methyl/N-ethyl adjacent to an activating group) is 7. The Morgan fingerprint density at radius 2 is 1.20 bits per heavy atom. The molecule has 12 atom stereocenters. The third-order valence-electron chi connectivity index (χ3n) is 24.5. The summed E-state index contributed by atoms with van der Waals surface area (Å²) in [4.78, 5) is 192. The van der Waals surface area contributed by atoms with Gasteiger partial charge in [0.25, 0.3) is 0 Å². The second-order valence-corrected chi connectivity index (χ2v) is 32.9. The van der Waals surface area contributed by atoms with Gasteiger partial charge in [0.1, 0.15) is 72.1 Å². The normalized spacial score (nSPS) is 31.8. The molecule has 4 saturated carbocycles. The molecule has 7 aliphatic rings. The summed E-state index contributed by atoms with van der Waals surface area (Å²) >= 11 is 0. The van der Waals surface area contributed by atoms with Crippen molar-refractivity contribution in [3.05, 3.63) is 0 Å². The number of hydrogen-bond donors (Lipinski definition) is 3. The van der Waals surface area contributed by atoms with E-state index in [0.717, 1.165) is 24.5 Å². The molecule has 109 heavy (non-hydrogen) atoms. The molecule has 2 bridgehead atoms. The molecule has 3 aliphatic heterocycles. The van der Waals surface area contributed by atoms with Crippen LogP contribution in [0.1, 0.15) is 195 Å². The van der Waals surface area contributed by atoms with Crippen molar-refractivity contribution in [3.8, 4) is 0 Å². The van der Waals surface area contributed by atoms with Crippen molar-refractivity contribution >= 4 is 70.9 Å². The van der Waals surface area contributed by atoms with E-state index in [4.69, 9.17) is 4.74 Å². The highest BCUT2D eigenvalue weighted by Crippen LogP contribution is 2.46. The molecule has 3 N–H and O–H groups in total. The highest BCUT2D eigenvalue weighted by Gasteiger charge is 2.56. The summed E-state index contributed by atoms with van der Waals surface area (Å²) in [6.45, 7) is 7.03. The minimum atomic E-state index is -5.22. The van der Waals surface area contributed by atoms with E-state index in [1.165, 1.54) is 76.0 Å². The smallest absolute Gasteiger partial charge is 0.377 e. The molecule has 0 radical (unpaired) electrons. The number of halogens is 8. The van der Waals surface area contributed by atoms with Crippen molar-refractivity contribution in [2.45, 2.75) is 280 Å². The molecule has 3 heterocycles. The fourth-order valence-electron chi connectivity index (χ4n) is 17.8. The van der Waals surface area contributed by atoms with E-state index in [-0.39, 0.29) is 96.2 Å². The van der Waals surface area contributed by atoms with Gasteiger partial charge in [-0.1, -0.05) is 72.6 Å². The zero-order chi connectivity index (χ0) is 81.1. The lowest BCUT2D eigenvalue weighted by Gasteiger charge is -2.42. The lowest BCUT2D eigenvalue weighted by atomic mass is 9.76. The van der Waals surface area contributed by atoms with Crippen LogP contribution in [0.5, 0.6) is 0 Å². The molecule has 7 rings (SSSR count). The molecular weight excluding hydrogens is 1440 g/mol. The van der Waals surface area contributed by atoms with Crippen LogP contribution in [0.4, 0.5) is 35.1 Å². The number of nitrogens with one attached hydrogen (secondary N) is 3. The van der Waals surface area contributed by atoms with E-state index in [2.05, 4.69) is 16.0 Å². The van der Waals surface area contributed by atoms with E-state index >= 15 is 37.5 Å². The number of rotatable bonds is 13. The predicted molar refractivity (Wildman–Crippen MR) is 386 cm³/mol. The van der Waals surface area contributed by atoms with Crippen LogP contribution < -0.4 is 16.0 Å². The Labute approximate surface area is 636 Å². The van der Waals surface area contributed by atoms with E-state index < -0.39 is 230 Å². The van der Waals surface area contributed by atoms with Crippen LogP contribution in [-0.2, 0) is 62.3 Å². The molecule has 1 spiro atoms. The lowest BCUT2D eigenvalue weighted by Crippen LogP contribution is -2.65. The molecule has 33 heteroatoms. The van der Waals surface area contributed by atoms with Gasteiger partial charge in [0, 0.05) is 82.5 Å². The number of nitrogens with zero attached hydrogens (tertiary/aromatic N) is 9. The highest BCUT2D eigenvalue weighted by molar-refractivity contribution is 6.01. The Morgan fingerprint density at radius 3 is 1.77 bits per heavy atom. The zero-order valence-electron chi connectivity index (χ0n) is 66.0. The summed E-state index contributed by atoms with van der Waals surface area (Å²) in [5.74, 6) is -16.8. The summed E-state index contributed by atoms with van der Waals surface area (Å²) in [5.41, 5.74) is -1.72. The Bertz CT molecular complexity index is 3190. The molecule has 0 aromatic rings. The zero-order valence-corrected chi connectivity index (χ0v) is 66.0. The van der Waals surface area contributed by atoms with Crippen molar-refractivity contribution in [1.29, 1.82) is 0 Å². The number of hydrogen-bond acceptors (Lipinski definition) is 13. The lowest BCUT2D eigenvalue weighted by molar-refractivity contribution is -0.219. The first-order valence-electron chi connectivity index (χ1n) is 39.4. The Kier molecular flexibility index (Phi) is 31.5. The van der Waals surface area contributed by atoms with Crippen LogP contribution >= 0.6 is 0 Å². The van der Waals surface area contributed by atoms with Gasteiger partial charge in [-0.2, -0.15) is 26.3 Å². The van der Waals surface area contributed by atoms with E-state index in [0.29, 0.717) is 64.2 Å². The van der Waals surface area contributed by atoms with E-state index in [1.54, 1.807) is 20.8 Å². The predicted octanol–water partition coefficient (Wildman–Crippen LogP) is 6.97. The van der Waals surface area contributed by atoms with Gasteiger partial charge in [-0.25, -0.2) is 8.78 Å². The molecule has 4 aliphatic carbocycles. The number of alkyl halides is 8. The van der Waals surface area contributed by atoms with Gasteiger partial charge in [-0.15, -0.1) is 0 Å². The van der Waals surface area contributed by atoms with Crippen molar-refractivity contribution in [1.82, 2.24) is 60.0 Å². The Hall–Kier alpha value is -6.96. The number of ether oxygens (including phenoxy) is 1. The summed E-state index contributed by atoms with van der Waals surface area (Å²) in [7, 11) is 11.0. The molecule has 7 fully saturated rings. The van der Waals surface area contributed by atoms with Gasteiger partial charge >= 0.3 is 12.4 Å². The monoisotopic (exact) mass is 1560 g/mol. The van der Waals surface area contributed by atoms with Gasteiger partial charge in [0.15, 0.2) is 0 Å². The van der Waals surface area contributed by atoms with E-state index in [1.807, 2.05) is 13.8 Å². The van der Waals surface area contributed by atoms with Crippen LogP contribution in [0, 0.1) is 41.4 Å². The number of fused-ring (bicyclic) bond motifs is 3. The first-order valence-corrected chi connectivity index (χ1v) is 39.4.